The normalized spacial score (nSPS) is 22.7. The Morgan fingerprint density at radius 3 is 2.89 bits per heavy atom. The molecule has 0 heterocycles. The van der Waals surface area contributed by atoms with Crippen LogP contribution in [0.5, 0.6) is 5.75 Å². The maximum Gasteiger partial charge on any atom is 0.144 e. The van der Waals surface area contributed by atoms with Gasteiger partial charge in [0, 0.05) is 30.3 Å². The number of anilines is 2. The summed E-state index contributed by atoms with van der Waals surface area (Å²) in [6, 6.07) is 6.13. The number of nitrogen functional groups attached to an aromatic ring is 1. The van der Waals surface area contributed by atoms with Crippen molar-refractivity contribution < 1.29 is 9.84 Å². The Kier molecular flexibility index (Phi) is 4.53. The van der Waals surface area contributed by atoms with Crippen LogP contribution >= 0.6 is 0 Å². The molecule has 0 spiro atoms. The summed E-state index contributed by atoms with van der Waals surface area (Å²) in [6.45, 7) is 4.22. The molecular weight excluding hydrogens is 240 g/mol. The van der Waals surface area contributed by atoms with Crippen LogP contribution in [0.2, 0.25) is 0 Å². The third-order valence-electron chi connectivity index (χ3n) is 3.62. The van der Waals surface area contributed by atoms with Gasteiger partial charge in [0.15, 0.2) is 0 Å². The predicted molar refractivity (Wildman–Crippen MR) is 78.5 cm³/mol. The number of ether oxygens (including phenoxy) is 1. The second-order valence-electron chi connectivity index (χ2n) is 5.54. The second kappa shape index (κ2) is 6.15. The van der Waals surface area contributed by atoms with Crippen LogP contribution in [0.15, 0.2) is 18.2 Å². The Bertz CT molecular complexity index is 421. The first-order valence-electron chi connectivity index (χ1n) is 7.03. The number of aliphatic hydroxyl groups excluding tert-OH is 1. The number of benzene rings is 1. The van der Waals surface area contributed by atoms with E-state index < -0.39 is 0 Å². The van der Waals surface area contributed by atoms with E-state index in [0.29, 0.717) is 17.6 Å². The summed E-state index contributed by atoms with van der Waals surface area (Å²) in [5.41, 5.74) is 7.57. The van der Waals surface area contributed by atoms with Gasteiger partial charge in [-0.3, -0.25) is 0 Å². The molecule has 19 heavy (non-hydrogen) atoms. The molecule has 1 aromatic carbocycles. The standard InChI is InChI=1S/C15H24N2O2/c1-10(2)19-15-8-12(6-7-13(15)16)17-14-5-3-4-11(14)9-18/h6-8,10-11,14,17-18H,3-5,9,16H2,1-2H3. The molecule has 0 saturated heterocycles. The van der Waals surface area contributed by atoms with Gasteiger partial charge in [0.25, 0.3) is 0 Å². The lowest BCUT2D eigenvalue weighted by atomic mass is 10.0. The maximum atomic E-state index is 9.35. The molecule has 1 aliphatic rings. The predicted octanol–water partition coefficient (Wildman–Crippen LogP) is 2.63. The zero-order chi connectivity index (χ0) is 13.8. The molecule has 2 atom stereocenters. The Labute approximate surface area is 115 Å². The van der Waals surface area contributed by atoms with E-state index in [-0.39, 0.29) is 12.7 Å². The Morgan fingerprint density at radius 1 is 1.42 bits per heavy atom. The highest BCUT2D eigenvalue weighted by Gasteiger charge is 2.26. The molecule has 0 radical (unpaired) electrons. The molecule has 4 N–H and O–H groups in total. The summed E-state index contributed by atoms with van der Waals surface area (Å²) in [6.07, 6.45) is 3.48. The molecule has 1 saturated carbocycles. The van der Waals surface area contributed by atoms with Crippen LogP contribution in [0.1, 0.15) is 33.1 Å². The lowest BCUT2D eigenvalue weighted by molar-refractivity contribution is 0.222. The summed E-state index contributed by atoms with van der Waals surface area (Å²) >= 11 is 0. The molecule has 0 aliphatic heterocycles. The van der Waals surface area contributed by atoms with Crippen LogP contribution in [-0.4, -0.2) is 23.9 Å². The Hall–Kier alpha value is -1.42. The monoisotopic (exact) mass is 264 g/mol. The van der Waals surface area contributed by atoms with E-state index >= 15 is 0 Å². The van der Waals surface area contributed by atoms with Crippen molar-refractivity contribution in [3.05, 3.63) is 18.2 Å². The van der Waals surface area contributed by atoms with Crippen LogP contribution < -0.4 is 15.8 Å². The highest BCUT2D eigenvalue weighted by molar-refractivity contribution is 5.61. The van der Waals surface area contributed by atoms with Crippen molar-refractivity contribution in [3.63, 3.8) is 0 Å². The van der Waals surface area contributed by atoms with Gasteiger partial charge in [-0.05, 0) is 38.8 Å². The molecule has 1 aromatic rings. The summed E-state index contributed by atoms with van der Waals surface area (Å²) < 4.78 is 5.69. The van der Waals surface area contributed by atoms with Crippen molar-refractivity contribution >= 4 is 11.4 Å². The van der Waals surface area contributed by atoms with Gasteiger partial charge in [-0.15, -0.1) is 0 Å². The molecule has 0 aromatic heterocycles. The van der Waals surface area contributed by atoms with E-state index in [1.807, 2.05) is 32.0 Å². The van der Waals surface area contributed by atoms with Crippen molar-refractivity contribution in [1.82, 2.24) is 0 Å². The minimum atomic E-state index is 0.106. The van der Waals surface area contributed by atoms with E-state index in [4.69, 9.17) is 10.5 Å². The fourth-order valence-corrected chi connectivity index (χ4v) is 2.64. The first-order chi connectivity index (χ1) is 9.10. The lowest BCUT2D eigenvalue weighted by Gasteiger charge is -2.21. The van der Waals surface area contributed by atoms with Gasteiger partial charge in [0.2, 0.25) is 0 Å². The SMILES string of the molecule is CC(C)Oc1cc(NC2CCCC2CO)ccc1N. The van der Waals surface area contributed by atoms with E-state index in [1.54, 1.807) is 0 Å². The largest absolute Gasteiger partial charge is 0.489 e. The average molecular weight is 264 g/mol. The molecule has 4 nitrogen and oxygen atoms in total. The first kappa shape index (κ1) is 14.0. The first-order valence-corrected chi connectivity index (χ1v) is 7.03. The van der Waals surface area contributed by atoms with Crippen molar-refractivity contribution in [3.8, 4) is 5.75 Å². The van der Waals surface area contributed by atoms with Crippen molar-refractivity contribution in [2.45, 2.75) is 45.3 Å². The van der Waals surface area contributed by atoms with Crippen molar-refractivity contribution in [1.29, 1.82) is 0 Å². The maximum absolute atomic E-state index is 9.35. The van der Waals surface area contributed by atoms with Crippen molar-refractivity contribution in [2.24, 2.45) is 5.92 Å². The highest BCUT2D eigenvalue weighted by Crippen LogP contribution is 2.31. The number of hydrogen-bond donors (Lipinski definition) is 3. The summed E-state index contributed by atoms with van der Waals surface area (Å²) in [7, 11) is 0. The molecule has 0 bridgehead atoms. The van der Waals surface area contributed by atoms with Gasteiger partial charge < -0.3 is 20.9 Å². The molecule has 1 fully saturated rings. The van der Waals surface area contributed by atoms with E-state index in [9.17, 15) is 5.11 Å². The smallest absolute Gasteiger partial charge is 0.144 e. The summed E-state index contributed by atoms with van der Waals surface area (Å²) in [5, 5.41) is 12.8. The van der Waals surface area contributed by atoms with Crippen LogP contribution in [0.25, 0.3) is 0 Å². The summed E-state index contributed by atoms with van der Waals surface area (Å²) in [5.74, 6) is 1.07. The molecule has 2 rings (SSSR count). The Balaban J connectivity index is 2.08. The average Bonchev–Trinajstić information content (AvgIpc) is 2.80. The number of aliphatic hydroxyl groups is 1. The fraction of sp³-hybridized carbons (Fsp3) is 0.600. The second-order valence-corrected chi connectivity index (χ2v) is 5.54. The van der Waals surface area contributed by atoms with Crippen LogP contribution in [-0.2, 0) is 0 Å². The van der Waals surface area contributed by atoms with Gasteiger partial charge >= 0.3 is 0 Å². The van der Waals surface area contributed by atoms with Crippen molar-refractivity contribution in [2.75, 3.05) is 17.7 Å². The quantitative estimate of drug-likeness (QED) is 0.715. The number of nitrogens with two attached hydrogens (primary N) is 1. The van der Waals surface area contributed by atoms with Crippen LogP contribution in [0.3, 0.4) is 0 Å². The molecule has 4 heteroatoms. The summed E-state index contributed by atoms with van der Waals surface area (Å²) in [4.78, 5) is 0. The van der Waals surface area contributed by atoms with Gasteiger partial charge in [0.05, 0.1) is 11.8 Å². The minimum Gasteiger partial charge on any atom is -0.489 e. The topological polar surface area (TPSA) is 67.5 Å². The Morgan fingerprint density at radius 2 is 2.21 bits per heavy atom. The molecule has 106 valence electrons. The van der Waals surface area contributed by atoms with E-state index in [1.165, 1.54) is 6.42 Å². The zero-order valence-corrected chi connectivity index (χ0v) is 11.7. The molecule has 2 unspecified atom stereocenters. The highest BCUT2D eigenvalue weighted by atomic mass is 16.5. The number of hydrogen-bond acceptors (Lipinski definition) is 4. The third-order valence-corrected chi connectivity index (χ3v) is 3.62. The van der Waals surface area contributed by atoms with Crippen LogP contribution in [0.4, 0.5) is 11.4 Å². The van der Waals surface area contributed by atoms with Gasteiger partial charge in [-0.25, -0.2) is 0 Å². The third kappa shape index (κ3) is 3.53. The van der Waals surface area contributed by atoms with Gasteiger partial charge in [-0.2, -0.15) is 0 Å². The lowest BCUT2D eigenvalue weighted by Crippen LogP contribution is -2.26. The molecule has 0 amide bonds. The zero-order valence-electron chi connectivity index (χ0n) is 11.7. The van der Waals surface area contributed by atoms with E-state index in [2.05, 4.69) is 5.32 Å². The van der Waals surface area contributed by atoms with E-state index in [0.717, 1.165) is 24.3 Å². The van der Waals surface area contributed by atoms with Gasteiger partial charge in [0.1, 0.15) is 5.75 Å². The molecule has 1 aliphatic carbocycles. The number of rotatable bonds is 5. The molecular formula is C15H24N2O2. The number of nitrogens with one attached hydrogen (secondary N) is 1. The fourth-order valence-electron chi connectivity index (χ4n) is 2.64. The van der Waals surface area contributed by atoms with Gasteiger partial charge in [-0.1, -0.05) is 6.42 Å². The van der Waals surface area contributed by atoms with Crippen LogP contribution in [0, 0.1) is 5.92 Å². The minimum absolute atomic E-state index is 0.106.